The SMILES string of the molecule is CCc1ccc(C(=O)C2NC2C(=O)O)cc1Cl. The smallest absolute Gasteiger partial charge is 0.322 e. The number of halogens is 1. The van der Waals surface area contributed by atoms with E-state index in [1.807, 2.05) is 6.92 Å². The first-order valence-electron chi connectivity index (χ1n) is 5.36. The van der Waals surface area contributed by atoms with Crippen LogP contribution in [-0.2, 0) is 11.2 Å². The van der Waals surface area contributed by atoms with Gasteiger partial charge in [0.15, 0.2) is 5.78 Å². The topological polar surface area (TPSA) is 76.3 Å². The molecule has 2 atom stereocenters. The first-order chi connectivity index (χ1) is 8.04. The number of aryl methyl sites for hydroxylation is 1. The molecule has 2 N–H and O–H groups in total. The quantitative estimate of drug-likeness (QED) is 0.630. The van der Waals surface area contributed by atoms with E-state index in [0.29, 0.717) is 10.6 Å². The van der Waals surface area contributed by atoms with Crippen LogP contribution >= 0.6 is 11.6 Å². The van der Waals surface area contributed by atoms with Gasteiger partial charge in [0.1, 0.15) is 6.04 Å². The van der Waals surface area contributed by atoms with Crippen molar-refractivity contribution in [2.24, 2.45) is 0 Å². The first kappa shape index (κ1) is 12.1. The van der Waals surface area contributed by atoms with Crippen LogP contribution in [0.4, 0.5) is 0 Å². The fourth-order valence-corrected chi connectivity index (χ4v) is 2.06. The first-order valence-corrected chi connectivity index (χ1v) is 5.74. The minimum atomic E-state index is -1.00. The van der Waals surface area contributed by atoms with Crippen molar-refractivity contribution in [1.82, 2.24) is 5.32 Å². The number of benzene rings is 1. The normalized spacial score (nSPS) is 22.2. The zero-order valence-electron chi connectivity index (χ0n) is 9.24. The highest BCUT2D eigenvalue weighted by Gasteiger charge is 2.47. The van der Waals surface area contributed by atoms with Crippen molar-refractivity contribution >= 4 is 23.4 Å². The van der Waals surface area contributed by atoms with Gasteiger partial charge in [-0.1, -0.05) is 30.7 Å². The van der Waals surface area contributed by atoms with Gasteiger partial charge in [0, 0.05) is 10.6 Å². The molecule has 4 nitrogen and oxygen atoms in total. The standard InChI is InChI=1S/C12H12ClNO3/c1-2-6-3-4-7(5-8(6)13)11(15)9-10(14-9)12(16)17/h3-5,9-10,14H,2H2,1H3,(H,16,17). The number of hydrogen-bond acceptors (Lipinski definition) is 3. The summed E-state index contributed by atoms with van der Waals surface area (Å²) >= 11 is 6.01. The number of hydrogen-bond donors (Lipinski definition) is 2. The van der Waals surface area contributed by atoms with Crippen molar-refractivity contribution in [3.8, 4) is 0 Å². The molecule has 2 unspecified atom stereocenters. The maximum absolute atomic E-state index is 11.9. The Labute approximate surface area is 104 Å². The predicted octanol–water partition coefficient (Wildman–Crippen LogP) is 1.51. The Bertz CT molecular complexity index is 487. The molecule has 0 aromatic heterocycles. The molecule has 0 radical (unpaired) electrons. The van der Waals surface area contributed by atoms with E-state index in [0.717, 1.165) is 12.0 Å². The third-order valence-corrected chi connectivity index (χ3v) is 3.20. The summed E-state index contributed by atoms with van der Waals surface area (Å²) in [6.45, 7) is 1.98. The van der Waals surface area contributed by atoms with Crippen LogP contribution in [0.2, 0.25) is 5.02 Å². The lowest BCUT2D eigenvalue weighted by Gasteiger charge is -2.03. The van der Waals surface area contributed by atoms with Gasteiger partial charge in [0.05, 0.1) is 6.04 Å². The number of carboxylic acid groups (broad SMARTS) is 1. The van der Waals surface area contributed by atoms with E-state index < -0.39 is 18.1 Å². The third kappa shape index (κ3) is 2.33. The van der Waals surface area contributed by atoms with E-state index in [9.17, 15) is 9.59 Å². The number of ketones is 1. The second-order valence-corrected chi connectivity index (χ2v) is 4.39. The summed E-state index contributed by atoms with van der Waals surface area (Å²) in [7, 11) is 0. The molecule has 1 aliphatic heterocycles. The second kappa shape index (κ2) is 4.47. The van der Waals surface area contributed by atoms with Gasteiger partial charge in [-0.2, -0.15) is 0 Å². The van der Waals surface area contributed by atoms with Gasteiger partial charge in [-0.15, -0.1) is 0 Å². The fraction of sp³-hybridized carbons (Fsp3) is 0.333. The highest BCUT2D eigenvalue weighted by Crippen LogP contribution is 2.22. The Balaban J connectivity index is 2.16. The molecule has 1 heterocycles. The maximum Gasteiger partial charge on any atom is 0.322 e. The van der Waals surface area contributed by atoms with E-state index in [4.69, 9.17) is 16.7 Å². The molecule has 0 amide bonds. The van der Waals surface area contributed by atoms with E-state index >= 15 is 0 Å². The number of carbonyl (C=O) groups is 2. The highest BCUT2D eigenvalue weighted by atomic mass is 35.5. The molecule has 1 aromatic rings. The van der Waals surface area contributed by atoms with Gasteiger partial charge in [-0.05, 0) is 18.1 Å². The Hall–Kier alpha value is -1.39. The van der Waals surface area contributed by atoms with Crippen molar-refractivity contribution in [2.45, 2.75) is 25.4 Å². The molecule has 1 aromatic carbocycles. The number of aliphatic carboxylic acids is 1. The molecule has 1 aliphatic rings. The molecule has 0 aliphatic carbocycles. The predicted molar refractivity (Wildman–Crippen MR) is 63.5 cm³/mol. The highest BCUT2D eigenvalue weighted by molar-refractivity contribution is 6.31. The number of carbonyl (C=O) groups excluding carboxylic acids is 1. The molecule has 17 heavy (non-hydrogen) atoms. The van der Waals surface area contributed by atoms with Crippen LogP contribution in [0.3, 0.4) is 0 Å². The van der Waals surface area contributed by atoms with E-state index in [2.05, 4.69) is 5.32 Å². The number of nitrogens with one attached hydrogen (secondary N) is 1. The van der Waals surface area contributed by atoms with Gasteiger partial charge >= 0.3 is 5.97 Å². The summed E-state index contributed by atoms with van der Waals surface area (Å²) in [6, 6.07) is 3.71. The van der Waals surface area contributed by atoms with Crippen molar-refractivity contribution in [2.75, 3.05) is 0 Å². The minimum absolute atomic E-state index is 0.220. The molecule has 0 bridgehead atoms. The molecular weight excluding hydrogens is 242 g/mol. The van der Waals surface area contributed by atoms with Crippen LogP contribution in [0.1, 0.15) is 22.8 Å². The maximum atomic E-state index is 11.9. The van der Waals surface area contributed by atoms with Crippen LogP contribution in [-0.4, -0.2) is 28.9 Å². The Morgan fingerprint density at radius 3 is 2.59 bits per heavy atom. The molecule has 90 valence electrons. The van der Waals surface area contributed by atoms with Crippen LogP contribution in [0.25, 0.3) is 0 Å². The summed E-state index contributed by atoms with van der Waals surface area (Å²) in [5.41, 5.74) is 1.43. The van der Waals surface area contributed by atoms with Gasteiger partial charge < -0.3 is 5.11 Å². The summed E-state index contributed by atoms with van der Waals surface area (Å²) < 4.78 is 0. The molecule has 1 saturated heterocycles. The van der Waals surface area contributed by atoms with Crippen LogP contribution in [0.5, 0.6) is 0 Å². The van der Waals surface area contributed by atoms with Gasteiger partial charge in [0.25, 0.3) is 0 Å². The third-order valence-electron chi connectivity index (χ3n) is 2.85. The second-order valence-electron chi connectivity index (χ2n) is 3.98. The van der Waals surface area contributed by atoms with Gasteiger partial charge in [0.2, 0.25) is 0 Å². The Kier molecular flexibility index (Phi) is 3.17. The van der Waals surface area contributed by atoms with Crippen LogP contribution in [0, 0.1) is 0 Å². The average molecular weight is 254 g/mol. The molecule has 0 spiro atoms. The van der Waals surface area contributed by atoms with Crippen molar-refractivity contribution < 1.29 is 14.7 Å². The number of rotatable bonds is 4. The lowest BCUT2D eigenvalue weighted by molar-refractivity contribution is -0.136. The molecule has 1 fully saturated rings. The average Bonchev–Trinajstić information content (AvgIpc) is 3.08. The molecule has 0 saturated carbocycles. The van der Waals surface area contributed by atoms with Crippen molar-refractivity contribution in [3.63, 3.8) is 0 Å². The fourth-order valence-electron chi connectivity index (χ4n) is 1.75. The van der Waals surface area contributed by atoms with Crippen LogP contribution < -0.4 is 5.32 Å². The number of carboxylic acids is 1. The summed E-state index contributed by atoms with van der Waals surface area (Å²) in [4.78, 5) is 22.5. The van der Waals surface area contributed by atoms with E-state index in [-0.39, 0.29) is 5.78 Å². The van der Waals surface area contributed by atoms with Gasteiger partial charge in [-0.3, -0.25) is 14.9 Å². The summed E-state index contributed by atoms with van der Waals surface area (Å²) in [6.07, 6.45) is 0.798. The Morgan fingerprint density at radius 1 is 1.41 bits per heavy atom. The Morgan fingerprint density at radius 2 is 2.12 bits per heavy atom. The van der Waals surface area contributed by atoms with E-state index in [1.165, 1.54) is 0 Å². The molecule has 5 heteroatoms. The zero-order valence-corrected chi connectivity index (χ0v) is 9.99. The summed E-state index contributed by atoms with van der Waals surface area (Å²) in [5, 5.41) is 11.9. The largest absolute Gasteiger partial charge is 0.480 e. The van der Waals surface area contributed by atoms with Gasteiger partial charge in [-0.25, -0.2) is 0 Å². The lowest BCUT2D eigenvalue weighted by atomic mass is 10.0. The molecular formula is C12H12ClNO3. The summed E-state index contributed by atoms with van der Waals surface area (Å²) in [5.74, 6) is -1.22. The zero-order chi connectivity index (χ0) is 12.6. The minimum Gasteiger partial charge on any atom is -0.480 e. The van der Waals surface area contributed by atoms with E-state index in [1.54, 1.807) is 18.2 Å². The van der Waals surface area contributed by atoms with Crippen molar-refractivity contribution in [1.29, 1.82) is 0 Å². The number of Topliss-reactive ketones (excluding diaryl/α,β-unsaturated/α-hetero) is 1. The van der Waals surface area contributed by atoms with Crippen LogP contribution in [0.15, 0.2) is 18.2 Å². The van der Waals surface area contributed by atoms with Crippen molar-refractivity contribution in [3.05, 3.63) is 34.3 Å². The lowest BCUT2D eigenvalue weighted by Crippen LogP contribution is -2.15. The monoisotopic (exact) mass is 253 g/mol. The molecule has 2 rings (SSSR count).